The summed E-state index contributed by atoms with van der Waals surface area (Å²) in [5, 5.41) is 9.13. The molecule has 0 aliphatic carbocycles. The quantitative estimate of drug-likeness (QED) is 0.905. The van der Waals surface area contributed by atoms with Gasteiger partial charge in [0, 0.05) is 57.4 Å². The lowest BCUT2D eigenvalue weighted by Crippen LogP contribution is -2.46. The van der Waals surface area contributed by atoms with Crippen molar-refractivity contribution in [3.63, 3.8) is 0 Å². The molecule has 2 aromatic rings. The van der Waals surface area contributed by atoms with E-state index in [0.717, 1.165) is 49.9 Å². The summed E-state index contributed by atoms with van der Waals surface area (Å²) in [6.45, 7) is 4.87. The van der Waals surface area contributed by atoms with Gasteiger partial charge in [0.1, 0.15) is 11.5 Å². The first-order valence-corrected chi connectivity index (χ1v) is 8.65. The van der Waals surface area contributed by atoms with E-state index in [1.807, 2.05) is 30.9 Å². The van der Waals surface area contributed by atoms with Crippen LogP contribution in [0.15, 0.2) is 18.6 Å². The molecular weight excluding hydrogens is 306 g/mol. The lowest BCUT2D eigenvalue weighted by atomic mass is 10.1. The third-order valence-electron chi connectivity index (χ3n) is 5.32. The molecule has 3 atom stereocenters. The fourth-order valence-corrected chi connectivity index (χ4v) is 3.91. The van der Waals surface area contributed by atoms with E-state index < -0.39 is 0 Å². The first kappa shape index (κ1) is 15.8. The first-order valence-electron chi connectivity index (χ1n) is 8.65. The highest BCUT2D eigenvalue weighted by atomic mass is 16.5. The van der Waals surface area contributed by atoms with Crippen LogP contribution in [0, 0.1) is 6.92 Å². The van der Waals surface area contributed by atoms with Crippen LogP contribution in [0.3, 0.4) is 0 Å². The van der Waals surface area contributed by atoms with Crippen LogP contribution in [0.4, 0.5) is 0 Å². The second-order valence-electron chi connectivity index (χ2n) is 6.91. The maximum absolute atomic E-state index is 9.13. The molecule has 0 unspecified atom stereocenters. The molecule has 0 bridgehead atoms. The molecule has 24 heavy (non-hydrogen) atoms. The zero-order valence-corrected chi connectivity index (χ0v) is 14.3. The van der Waals surface area contributed by atoms with Crippen molar-refractivity contribution in [3.05, 3.63) is 24.4 Å². The third kappa shape index (κ3) is 2.76. The van der Waals surface area contributed by atoms with Crippen molar-refractivity contribution < 1.29 is 9.84 Å². The Bertz CT molecular complexity index is 690. The summed E-state index contributed by atoms with van der Waals surface area (Å²) in [5.41, 5.74) is 0.930. The molecular formula is C17H25N5O2. The van der Waals surface area contributed by atoms with E-state index in [0.29, 0.717) is 12.1 Å². The molecule has 130 valence electrons. The maximum Gasteiger partial charge on any atom is 0.160 e. The number of hydrogen-bond acceptors (Lipinski definition) is 5. The number of fused-ring (bicyclic) bond motifs is 1. The fourth-order valence-electron chi connectivity index (χ4n) is 3.91. The number of aromatic nitrogens is 4. The Kier molecular flexibility index (Phi) is 4.15. The Morgan fingerprint density at radius 3 is 2.96 bits per heavy atom. The molecule has 2 aliphatic rings. The minimum Gasteiger partial charge on any atom is -0.396 e. The van der Waals surface area contributed by atoms with Crippen LogP contribution in [0.25, 0.3) is 11.5 Å². The lowest BCUT2D eigenvalue weighted by molar-refractivity contribution is -0.0567. The van der Waals surface area contributed by atoms with Crippen LogP contribution >= 0.6 is 0 Å². The predicted octanol–water partition coefficient (Wildman–Crippen LogP) is 0.989. The topological polar surface area (TPSA) is 68.3 Å². The minimum atomic E-state index is 0.158. The number of morpholine rings is 1. The van der Waals surface area contributed by atoms with Gasteiger partial charge in [-0.2, -0.15) is 0 Å². The van der Waals surface area contributed by atoms with Gasteiger partial charge >= 0.3 is 0 Å². The summed E-state index contributed by atoms with van der Waals surface area (Å²) in [6.07, 6.45) is 7.91. The van der Waals surface area contributed by atoms with Crippen LogP contribution in [-0.4, -0.2) is 67.6 Å². The summed E-state index contributed by atoms with van der Waals surface area (Å²) in [7, 11) is 2.01. The molecule has 0 aromatic carbocycles. The van der Waals surface area contributed by atoms with Gasteiger partial charge in [-0.05, 0) is 19.8 Å². The molecule has 4 heterocycles. The second-order valence-corrected chi connectivity index (χ2v) is 6.91. The maximum atomic E-state index is 9.13. The molecule has 7 nitrogen and oxygen atoms in total. The Morgan fingerprint density at radius 2 is 2.21 bits per heavy atom. The molecule has 0 spiro atoms. The highest BCUT2D eigenvalue weighted by Crippen LogP contribution is 2.33. The smallest absolute Gasteiger partial charge is 0.160 e. The number of nitrogens with zero attached hydrogens (tertiary/aromatic N) is 5. The van der Waals surface area contributed by atoms with E-state index in [-0.39, 0.29) is 12.7 Å². The normalized spacial score (nSPS) is 27.5. The third-order valence-corrected chi connectivity index (χ3v) is 5.32. The van der Waals surface area contributed by atoms with E-state index >= 15 is 0 Å². The molecule has 0 radical (unpaired) electrons. The van der Waals surface area contributed by atoms with E-state index in [2.05, 4.69) is 25.6 Å². The van der Waals surface area contributed by atoms with Gasteiger partial charge in [0.05, 0.1) is 12.7 Å². The number of hydrogen-bond donors (Lipinski definition) is 1. The molecule has 0 amide bonds. The molecule has 4 rings (SSSR count). The first-order chi connectivity index (χ1) is 11.7. The Labute approximate surface area is 141 Å². The Hall–Kier alpha value is -1.70. The van der Waals surface area contributed by atoms with E-state index in [9.17, 15) is 0 Å². The summed E-state index contributed by atoms with van der Waals surface area (Å²) in [5.74, 6) is 1.93. The van der Waals surface area contributed by atoms with Crippen molar-refractivity contribution in [2.24, 2.45) is 7.05 Å². The standard InChI is InChI=1S/C17H25N5O2/c1-12-19-16(10-20(12)2)17-18-4-5-22(17)13-7-14-11-24-15(3-6-23)9-21(14)8-13/h4-5,10,13-15,23H,3,6-9,11H2,1-2H3/t13-,14-,15-/m0/s1. The molecule has 2 aromatic heterocycles. The van der Waals surface area contributed by atoms with Crippen LogP contribution in [0.5, 0.6) is 0 Å². The van der Waals surface area contributed by atoms with Gasteiger partial charge < -0.3 is 19.0 Å². The van der Waals surface area contributed by atoms with Gasteiger partial charge in [0.15, 0.2) is 5.82 Å². The Morgan fingerprint density at radius 1 is 1.33 bits per heavy atom. The summed E-state index contributed by atoms with van der Waals surface area (Å²) < 4.78 is 10.2. The van der Waals surface area contributed by atoms with E-state index in [1.165, 1.54) is 0 Å². The SMILES string of the molecule is Cc1nc(-c2nccn2[C@H]2C[C@H]3CO[C@@H](CCO)CN3C2)cn1C. The van der Waals surface area contributed by atoms with E-state index in [4.69, 9.17) is 9.84 Å². The number of aliphatic hydroxyl groups excluding tert-OH is 1. The van der Waals surface area contributed by atoms with Crippen molar-refractivity contribution in [2.45, 2.75) is 38.0 Å². The summed E-state index contributed by atoms with van der Waals surface area (Å²) >= 11 is 0. The number of aliphatic hydroxyl groups is 1. The number of rotatable bonds is 4. The van der Waals surface area contributed by atoms with Crippen molar-refractivity contribution in [1.29, 1.82) is 0 Å². The van der Waals surface area contributed by atoms with Gasteiger partial charge in [-0.1, -0.05) is 0 Å². The lowest BCUT2D eigenvalue weighted by Gasteiger charge is -2.34. The van der Waals surface area contributed by atoms with Crippen LogP contribution in [0.1, 0.15) is 24.7 Å². The molecule has 2 saturated heterocycles. The van der Waals surface area contributed by atoms with Gasteiger partial charge in [-0.25, -0.2) is 9.97 Å². The fraction of sp³-hybridized carbons (Fsp3) is 0.647. The monoisotopic (exact) mass is 331 g/mol. The average Bonchev–Trinajstić information content (AvgIpc) is 3.26. The highest BCUT2D eigenvalue weighted by Gasteiger charge is 2.38. The largest absolute Gasteiger partial charge is 0.396 e. The second kappa shape index (κ2) is 6.31. The van der Waals surface area contributed by atoms with Crippen molar-refractivity contribution in [3.8, 4) is 11.5 Å². The summed E-state index contributed by atoms with van der Waals surface area (Å²) in [4.78, 5) is 11.7. The van der Waals surface area contributed by atoms with Crippen LogP contribution < -0.4 is 0 Å². The van der Waals surface area contributed by atoms with E-state index in [1.54, 1.807) is 0 Å². The van der Waals surface area contributed by atoms with Crippen LogP contribution in [0.2, 0.25) is 0 Å². The van der Waals surface area contributed by atoms with Crippen LogP contribution in [-0.2, 0) is 11.8 Å². The number of imidazole rings is 2. The van der Waals surface area contributed by atoms with Gasteiger partial charge in [0.2, 0.25) is 0 Å². The number of aryl methyl sites for hydroxylation is 2. The molecule has 2 aliphatic heterocycles. The zero-order valence-electron chi connectivity index (χ0n) is 14.3. The highest BCUT2D eigenvalue weighted by molar-refractivity contribution is 5.49. The molecule has 0 saturated carbocycles. The van der Waals surface area contributed by atoms with Crippen molar-refractivity contribution >= 4 is 0 Å². The van der Waals surface area contributed by atoms with Gasteiger partial charge in [-0.15, -0.1) is 0 Å². The van der Waals surface area contributed by atoms with Crippen molar-refractivity contribution in [1.82, 2.24) is 24.0 Å². The minimum absolute atomic E-state index is 0.158. The summed E-state index contributed by atoms with van der Waals surface area (Å²) in [6, 6.07) is 0.858. The average molecular weight is 331 g/mol. The molecule has 2 fully saturated rings. The zero-order chi connectivity index (χ0) is 16.7. The Balaban J connectivity index is 1.53. The molecule has 1 N–H and O–H groups in total. The van der Waals surface area contributed by atoms with Crippen molar-refractivity contribution in [2.75, 3.05) is 26.3 Å². The predicted molar refractivity (Wildman–Crippen MR) is 89.6 cm³/mol. The van der Waals surface area contributed by atoms with Gasteiger partial charge in [-0.3, -0.25) is 4.90 Å². The number of ether oxygens (including phenoxy) is 1. The molecule has 7 heteroatoms. The van der Waals surface area contributed by atoms with Gasteiger partial charge in [0.25, 0.3) is 0 Å².